The molecule has 1 aliphatic rings. The van der Waals surface area contributed by atoms with E-state index in [0.717, 1.165) is 0 Å². The molecule has 0 N–H and O–H groups in total. The predicted molar refractivity (Wildman–Crippen MR) is 40.2 cm³/mol. The molecule has 0 fully saturated rings. The van der Waals surface area contributed by atoms with E-state index in [1.165, 1.54) is 5.57 Å². The van der Waals surface area contributed by atoms with Crippen molar-refractivity contribution in [1.29, 1.82) is 0 Å². The van der Waals surface area contributed by atoms with Gasteiger partial charge in [-0.1, -0.05) is 13.8 Å². The second-order valence-corrected chi connectivity index (χ2v) is 3.57. The van der Waals surface area contributed by atoms with Crippen LogP contribution in [0, 0.1) is 5.92 Å². The molecule has 0 aromatic heterocycles. The molecule has 0 saturated carbocycles. The zero-order chi connectivity index (χ0) is 6.85. The predicted octanol–water partition coefficient (Wildman–Crippen LogP) is 1.80. The summed E-state index contributed by atoms with van der Waals surface area (Å²) in [5, 5.41) is 3.51. The molecular formula is C7H10OS. The van der Waals surface area contributed by atoms with Crippen LogP contribution in [0.5, 0.6) is 0 Å². The third kappa shape index (κ3) is 1.52. The van der Waals surface area contributed by atoms with Crippen LogP contribution in [-0.4, -0.2) is 4.21 Å². The summed E-state index contributed by atoms with van der Waals surface area (Å²) >= 11 is 0. The highest BCUT2D eigenvalue weighted by atomic mass is 32.2. The second-order valence-electron chi connectivity index (χ2n) is 2.40. The molecule has 1 aliphatic heterocycles. The van der Waals surface area contributed by atoms with Crippen molar-refractivity contribution < 1.29 is 4.21 Å². The highest BCUT2D eigenvalue weighted by Gasteiger charge is 2.05. The van der Waals surface area contributed by atoms with Crippen molar-refractivity contribution in [2.45, 2.75) is 13.8 Å². The number of allylic oxidation sites excluding steroid dienone is 2. The Balaban J connectivity index is 2.75. The Kier molecular flexibility index (Phi) is 1.86. The summed E-state index contributed by atoms with van der Waals surface area (Å²) in [6.45, 7) is 4.19. The lowest BCUT2D eigenvalue weighted by Gasteiger charge is -1.99. The maximum atomic E-state index is 10.7. The van der Waals surface area contributed by atoms with Crippen LogP contribution < -0.4 is 0 Å². The smallest absolute Gasteiger partial charge is 0.0705 e. The topological polar surface area (TPSA) is 17.1 Å². The summed E-state index contributed by atoms with van der Waals surface area (Å²) in [6.07, 6.45) is 1.93. The van der Waals surface area contributed by atoms with E-state index in [-0.39, 0.29) is 0 Å². The van der Waals surface area contributed by atoms with Crippen molar-refractivity contribution >= 4 is 10.8 Å². The average molecular weight is 142 g/mol. The van der Waals surface area contributed by atoms with Crippen molar-refractivity contribution in [3.05, 3.63) is 22.5 Å². The quantitative estimate of drug-likeness (QED) is 0.545. The minimum Gasteiger partial charge on any atom is -0.250 e. The lowest BCUT2D eigenvalue weighted by atomic mass is 10.1. The normalized spacial score (nSPS) is 25.2. The first kappa shape index (κ1) is 6.75. The van der Waals surface area contributed by atoms with Gasteiger partial charge in [0.2, 0.25) is 0 Å². The zero-order valence-electron chi connectivity index (χ0n) is 5.63. The maximum absolute atomic E-state index is 10.7. The van der Waals surface area contributed by atoms with E-state index < -0.39 is 10.8 Å². The molecule has 0 aliphatic carbocycles. The fourth-order valence-corrected chi connectivity index (χ4v) is 1.68. The second kappa shape index (κ2) is 2.48. The standard InChI is InChI=1S/C7H10OS/c1-6(2)7-3-4-9(8)5-7/h3-6H,1-2H3. The van der Waals surface area contributed by atoms with Crippen LogP contribution in [-0.2, 0) is 10.8 Å². The van der Waals surface area contributed by atoms with Gasteiger partial charge in [-0.05, 0) is 17.6 Å². The van der Waals surface area contributed by atoms with Crippen molar-refractivity contribution in [3.8, 4) is 0 Å². The van der Waals surface area contributed by atoms with E-state index in [4.69, 9.17) is 0 Å². The van der Waals surface area contributed by atoms with Gasteiger partial charge in [0.15, 0.2) is 0 Å². The van der Waals surface area contributed by atoms with Crippen molar-refractivity contribution in [1.82, 2.24) is 0 Å². The van der Waals surface area contributed by atoms with Gasteiger partial charge in [0.05, 0.1) is 10.8 Å². The van der Waals surface area contributed by atoms with E-state index >= 15 is 0 Å². The lowest BCUT2D eigenvalue weighted by molar-refractivity contribution is 0.693. The van der Waals surface area contributed by atoms with E-state index in [1.54, 1.807) is 10.8 Å². The third-order valence-electron chi connectivity index (χ3n) is 1.31. The maximum Gasteiger partial charge on any atom is 0.0705 e. The molecule has 0 bridgehead atoms. The fourth-order valence-electron chi connectivity index (χ4n) is 0.687. The molecule has 1 nitrogen and oxygen atoms in total. The minimum atomic E-state index is -0.816. The minimum absolute atomic E-state index is 0.507. The summed E-state index contributed by atoms with van der Waals surface area (Å²) in [7, 11) is -0.816. The van der Waals surface area contributed by atoms with Gasteiger partial charge in [-0.25, -0.2) is 0 Å². The van der Waals surface area contributed by atoms with Gasteiger partial charge in [0, 0.05) is 10.8 Å². The molecule has 50 valence electrons. The molecule has 0 aromatic rings. The summed E-state index contributed by atoms with van der Waals surface area (Å²) in [6, 6.07) is 0. The largest absolute Gasteiger partial charge is 0.250 e. The molecule has 1 unspecified atom stereocenters. The zero-order valence-corrected chi connectivity index (χ0v) is 6.44. The third-order valence-corrected chi connectivity index (χ3v) is 2.22. The van der Waals surface area contributed by atoms with Crippen LogP contribution in [0.25, 0.3) is 0 Å². The van der Waals surface area contributed by atoms with Gasteiger partial charge in [0.1, 0.15) is 0 Å². The Morgan fingerprint density at radius 1 is 1.56 bits per heavy atom. The molecular weight excluding hydrogens is 132 g/mol. The van der Waals surface area contributed by atoms with E-state index in [1.807, 2.05) is 6.08 Å². The molecule has 1 heterocycles. The first-order valence-corrected chi connectivity index (χ1v) is 4.27. The van der Waals surface area contributed by atoms with Gasteiger partial charge < -0.3 is 0 Å². The van der Waals surface area contributed by atoms with Crippen molar-refractivity contribution in [3.63, 3.8) is 0 Å². The van der Waals surface area contributed by atoms with Gasteiger partial charge in [-0.3, -0.25) is 4.21 Å². The fraction of sp³-hybridized carbons (Fsp3) is 0.429. The first-order valence-electron chi connectivity index (χ1n) is 2.99. The molecule has 0 aromatic carbocycles. The lowest BCUT2D eigenvalue weighted by Crippen LogP contribution is -1.86. The molecule has 1 atom stereocenters. The van der Waals surface area contributed by atoms with Gasteiger partial charge >= 0.3 is 0 Å². The molecule has 0 saturated heterocycles. The summed E-state index contributed by atoms with van der Waals surface area (Å²) in [4.78, 5) is 0. The van der Waals surface area contributed by atoms with Crippen LogP contribution in [0.2, 0.25) is 0 Å². The molecule has 2 heteroatoms. The molecule has 9 heavy (non-hydrogen) atoms. The molecule has 1 rings (SSSR count). The number of rotatable bonds is 1. The average Bonchev–Trinajstić information content (AvgIpc) is 2.14. The summed E-state index contributed by atoms with van der Waals surface area (Å²) in [5.74, 6) is 0.507. The Labute approximate surface area is 57.9 Å². The molecule has 0 radical (unpaired) electrons. The SMILES string of the molecule is CC(C)C1=CS(=O)C=C1. The van der Waals surface area contributed by atoms with Crippen molar-refractivity contribution in [2.75, 3.05) is 0 Å². The van der Waals surface area contributed by atoms with Gasteiger partial charge in [-0.2, -0.15) is 0 Å². The van der Waals surface area contributed by atoms with Gasteiger partial charge in [0.25, 0.3) is 0 Å². The van der Waals surface area contributed by atoms with E-state index in [9.17, 15) is 4.21 Å². The summed E-state index contributed by atoms with van der Waals surface area (Å²) in [5.41, 5.74) is 1.19. The Bertz CT molecular complexity index is 189. The number of hydrogen-bond acceptors (Lipinski definition) is 1. The van der Waals surface area contributed by atoms with E-state index in [0.29, 0.717) is 5.92 Å². The monoisotopic (exact) mass is 142 g/mol. The van der Waals surface area contributed by atoms with Crippen LogP contribution in [0.15, 0.2) is 22.5 Å². The van der Waals surface area contributed by atoms with Crippen LogP contribution in [0.4, 0.5) is 0 Å². The molecule has 0 amide bonds. The first-order chi connectivity index (χ1) is 4.20. The highest BCUT2D eigenvalue weighted by Crippen LogP contribution is 2.17. The molecule has 0 spiro atoms. The Morgan fingerprint density at radius 2 is 2.22 bits per heavy atom. The van der Waals surface area contributed by atoms with E-state index in [2.05, 4.69) is 13.8 Å². The van der Waals surface area contributed by atoms with Crippen LogP contribution in [0.1, 0.15) is 13.8 Å². The Morgan fingerprint density at radius 3 is 2.44 bits per heavy atom. The number of hydrogen-bond donors (Lipinski definition) is 0. The van der Waals surface area contributed by atoms with Crippen LogP contribution >= 0.6 is 0 Å². The van der Waals surface area contributed by atoms with Gasteiger partial charge in [-0.15, -0.1) is 0 Å². The Hall–Kier alpha value is -0.370. The highest BCUT2D eigenvalue weighted by molar-refractivity contribution is 7.91. The van der Waals surface area contributed by atoms with Crippen molar-refractivity contribution in [2.24, 2.45) is 5.92 Å². The van der Waals surface area contributed by atoms with Crippen LogP contribution in [0.3, 0.4) is 0 Å². The summed E-state index contributed by atoms with van der Waals surface area (Å²) < 4.78 is 10.7.